The smallest absolute Gasteiger partial charge is 0.229 e. The molecule has 0 fully saturated rings. The van der Waals surface area contributed by atoms with Crippen LogP contribution in [0.2, 0.25) is 5.02 Å². The Morgan fingerprint density at radius 1 is 1.32 bits per heavy atom. The van der Waals surface area contributed by atoms with E-state index in [1.165, 1.54) is 6.07 Å². The summed E-state index contributed by atoms with van der Waals surface area (Å²) in [6, 6.07) is 9.83. The number of hydrogen-bond acceptors (Lipinski definition) is 5. The normalized spacial score (nSPS) is 12.5. The molecule has 0 unspecified atom stereocenters. The quantitative estimate of drug-likeness (QED) is 0.571. The third kappa shape index (κ3) is 2.45. The van der Waals surface area contributed by atoms with Gasteiger partial charge >= 0.3 is 0 Å². The van der Waals surface area contributed by atoms with E-state index < -0.39 is 6.04 Å². The maximum Gasteiger partial charge on any atom is 0.229 e. The minimum atomic E-state index is -0.646. The van der Waals surface area contributed by atoms with Crippen molar-refractivity contribution in [2.45, 2.75) is 13.0 Å². The van der Waals surface area contributed by atoms with Gasteiger partial charge in [-0.2, -0.15) is 0 Å². The lowest BCUT2D eigenvalue weighted by Gasteiger charge is -2.10. The number of oxazole rings is 1. The molecule has 112 valence electrons. The van der Waals surface area contributed by atoms with E-state index in [9.17, 15) is 4.79 Å². The standard InChI is InChI=1S/C16H14ClN3O2/c1-8(18)15(21)9-7-12(19)10(6-11(9)17)16-20-13-4-2-3-5-14(13)22-16/h2-8H,18-19H2,1H3/t8-/m0/s1. The van der Waals surface area contributed by atoms with E-state index in [0.29, 0.717) is 28.3 Å². The van der Waals surface area contributed by atoms with Gasteiger partial charge in [-0.15, -0.1) is 0 Å². The van der Waals surface area contributed by atoms with Crippen LogP contribution in [-0.4, -0.2) is 16.8 Å². The zero-order valence-corrected chi connectivity index (χ0v) is 12.6. The van der Waals surface area contributed by atoms with Crippen molar-refractivity contribution in [2.75, 3.05) is 5.73 Å². The van der Waals surface area contributed by atoms with E-state index in [1.54, 1.807) is 13.0 Å². The van der Waals surface area contributed by atoms with Gasteiger partial charge in [0.05, 0.1) is 16.6 Å². The van der Waals surface area contributed by atoms with Gasteiger partial charge < -0.3 is 15.9 Å². The third-order valence-electron chi connectivity index (χ3n) is 3.34. The van der Waals surface area contributed by atoms with Crippen LogP contribution < -0.4 is 11.5 Å². The van der Waals surface area contributed by atoms with Crippen molar-refractivity contribution in [1.82, 2.24) is 4.98 Å². The highest BCUT2D eigenvalue weighted by Gasteiger charge is 2.19. The SMILES string of the molecule is C[C@H](N)C(=O)c1cc(N)c(-c2nc3ccccc3o2)cc1Cl. The van der Waals surface area contributed by atoms with Crippen LogP contribution in [0.5, 0.6) is 0 Å². The van der Waals surface area contributed by atoms with Crippen molar-refractivity contribution in [1.29, 1.82) is 0 Å². The molecule has 0 aliphatic rings. The highest BCUT2D eigenvalue weighted by Crippen LogP contribution is 2.33. The number of nitrogens with zero attached hydrogens (tertiary/aromatic N) is 1. The van der Waals surface area contributed by atoms with Crippen LogP contribution in [-0.2, 0) is 0 Å². The van der Waals surface area contributed by atoms with E-state index in [-0.39, 0.29) is 10.8 Å². The minimum absolute atomic E-state index is 0.263. The molecule has 1 heterocycles. The summed E-state index contributed by atoms with van der Waals surface area (Å²) in [4.78, 5) is 16.4. The van der Waals surface area contributed by atoms with Gasteiger partial charge in [-0.05, 0) is 31.2 Å². The highest BCUT2D eigenvalue weighted by atomic mass is 35.5. The molecule has 0 saturated carbocycles. The number of carbonyl (C=O) groups is 1. The zero-order valence-electron chi connectivity index (χ0n) is 11.8. The molecule has 0 bridgehead atoms. The second-order valence-electron chi connectivity index (χ2n) is 5.06. The Hall–Kier alpha value is -2.37. The average Bonchev–Trinajstić information content (AvgIpc) is 2.92. The molecule has 0 amide bonds. The lowest BCUT2D eigenvalue weighted by Crippen LogP contribution is -2.27. The Morgan fingerprint density at radius 3 is 2.73 bits per heavy atom. The monoisotopic (exact) mass is 315 g/mol. The number of carbonyl (C=O) groups excluding carboxylic acids is 1. The first-order chi connectivity index (χ1) is 10.5. The number of anilines is 1. The van der Waals surface area contributed by atoms with Crippen LogP contribution in [0.4, 0.5) is 5.69 Å². The predicted molar refractivity (Wildman–Crippen MR) is 86.8 cm³/mol. The van der Waals surface area contributed by atoms with Crippen molar-refractivity contribution in [3.05, 3.63) is 47.0 Å². The van der Waals surface area contributed by atoms with Crippen LogP contribution in [0.3, 0.4) is 0 Å². The number of benzene rings is 2. The van der Waals surface area contributed by atoms with Gasteiger partial charge in [0, 0.05) is 11.3 Å². The Balaban J connectivity index is 2.12. The highest BCUT2D eigenvalue weighted by molar-refractivity contribution is 6.34. The molecular weight excluding hydrogens is 302 g/mol. The lowest BCUT2D eigenvalue weighted by molar-refractivity contribution is 0.0968. The first kappa shape index (κ1) is 14.6. The number of para-hydroxylation sites is 2. The fourth-order valence-corrected chi connectivity index (χ4v) is 2.45. The Bertz CT molecular complexity index is 838. The molecule has 0 radical (unpaired) electrons. The molecule has 1 aromatic heterocycles. The number of rotatable bonds is 3. The van der Waals surface area contributed by atoms with Crippen LogP contribution in [0.1, 0.15) is 17.3 Å². The van der Waals surface area contributed by atoms with E-state index >= 15 is 0 Å². The molecule has 4 N–H and O–H groups in total. The third-order valence-corrected chi connectivity index (χ3v) is 3.66. The Kier molecular flexibility index (Phi) is 3.60. The molecule has 0 saturated heterocycles. The van der Waals surface area contributed by atoms with E-state index in [1.807, 2.05) is 24.3 Å². The first-order valence-corrected chi connectivity index (χ1v) is 7.10. The van der Waals surface area contributed by atoms with Crippen molar-refractivity contribution < 1.29 is 9.21 Å². The van der Waals surface area contributed by atoms with E-state index in [2.05, 4.69) is 4.98 Å². The number of hydrogen-bond donors (Lipinski definition) is 2. The second-order valence-corrected chi connectivity index (χ2v) is 5.47. The maximum atomic E-state index is 12.0. The molecule has 1 atom stereocenters. The van der Waals surface area contributed by atoms with Crippen LogP contribution in [0.15, 0.2) is 40.8 Å². The number of ketones is 1. The van der Waals surface area contributed by atoms with Gasteiger partial charge in [-0.3, -0.25) is 4.79 Å². The van der Waals surface area contributed by atoms with Crippen molar-refractivity contribution in [2.24, 2.45) is 5.73 Å². The average molecular weight is 316 g/mol. The number of Topliss-reactive ketones (excluding diaryl/α,β-unsaturated/α-hetero) is 1. The summed E-state index contributed by atoms with van der Waals surface area (Å²) in [5, 5.41) is 0.272. The van der Waals surface area contributed by atoms with Gasteiger partial charge in [0.2, 0.25) is 5.89 Å². The van der Waals surface area contributed by atoms with Crippen LogP contribution in [0, 0.1) is 0 Å². The second kappa shape index (κ2) is 5.44. The molecule has 22 heavy (non-hydrogen) atoms. The van der Waals surface area contributed by atoms with Crippen LogP contribution in [0.25, 0.3) is 22.6 Å². The largest absolute Gasteiger partial charge is 0.436 e. The molecule has 5 nitrogen and oxygen atoms in total. The van der Waals surface area contributed by atoms with Crippen LogP contribution >= 0.6 is 11.6 Å². The number of nitrogen functional groups attached to an aromatic ring is 1. The van der Waals surface area contributed by atoms with Gasteiger partial charge in [-0.25, -0.2) is 4.98 Å². The molecular formula is C16H14ClN3O2. The van der Waals surface area contributed by atoms with Gasteiger partial charge in [-0.1, -0.05) is 23.7 Å². The van der Waals surface area contributed by atoms with Crippen molar-refractivity contribution >= 4 is 34.2 Å². The summed E-state index contributed by atoms with van der Waals surface area (Å²) in [5.41, 5.74) is 14.2. The molecule has 0 aliphatic heterocycles. The number of aromatic nitrogens is 1. The van der Waals surface area contributed by atoms with E-state index in [4.69, 9.17) is 27.5 Å². The maximum absolute atomic E-state index is 12.0. The summed E-state index contributed by atoms with van der Waals surface area (Å²) in [5.74, 6) is 0.0983. The fourth-order valence-electron chi connectivity index (χ4n) is 2.20. The van der Waals surface area contributed by atoms with Gasteiger partial charge in [0.1, 0.15) is 5.52 Å². The Morgan fingerprint density at radius 2 is 2.05 bits per heavy atom. The summed E-state index contributed by atoms with van der Waals surface area (Å²) in [6.07, 6.45) is 0. The molecule has 3 rings (SSSR count). The zero-order chi connectivity index (χ0) is 15.9. The van der Waals surface area contributed by atoms with Gasteiger partial charge in [0.15, 0.2) is 11.4 Å². The summed E-state index contributed by atoms with van der Waals surface area (Å²) in [6.45, 7) is 1.60. The van der Waals surface area contributed by atoms with Crippen molar-refractivity contribution in [3.8, 4) is 11.5 Å². The first-order valence-electron chi connectivity index (χ1n) is 6.72. The Labute approximate surface area is 131 Å². The van der Waals surface area contributed by atoms with Gasteiger partial charge in [0.25, 0.3) is 0 Å². The predicted octanol–water partition coefficient (Wildman–Crippen LogP) is 3.26. The molecule has 6 heteroatoms. The van der Waals surface area contributed by atoms with Crippen molar-refractivity contribution in [3.63, 3.8) is 0 Å². The number of fused-ring (bicyclic) bond motifs is 1. The molecule has 0 spiro atoms. The number of halogens is 1. The van der Waals surface area contributed by atoms with E-state index in [0.717, 1.165) is 5.52 Å². The molecule has 0 aliphatic carbocycles. The molecule has 2 aromatic carbocycles. The summed E-state index contributed by atoms with van der Waals surface area (Å²) in [7, 11) is 0. The summed E-state index contributed by atoms with van der Waals surface area (Å²) < 4.78 is 5.68. The summed E-state index contributed by atoms with van der Waals surface area (Å²) >= 11 is 6.19. The molecule has 3 aromatic rings. The lowest BCUT2D eigenvalue weighted by atomic mass is 10.0. The fraction of sp³-hybridized carbons (Fsp3) is 0.125. The number of nitrogens with two attached hydrogens (primary N) is 2. The topological polar surface area (TPSA) is 95.1 Å². The minimum Gasteiger partial charge on any atom is -0.436 e.